The molecule has 0 saturated heterocycles. The van der Waals surface area contributed by atoms with E-state index >= 15 is 0 Å². The molecule has 0 aliphatic rings. The maximum Gasteiger partial charge on any atom is 0.244 e. The van der Waals surface area contributed by atoms with Crippen LogP contribution in [-0.4, -0.2) is 35.9 Å². The van der Waals surface area contributed by atoms with Gasteiger partial charge in [-0.1, -0.05) is 13.8 Å². The van der Waals surface area contributed by atoms with E-state index in [1.807, 2.05) is 18.2 Å². The van der Waals surface area contributed by atoms with Gasteiger partial charge in [-0.2, -0.15) is 10.1 Å². The van der Waals surface area contributed by atoms with Gasteiger partial charge in [-0.05, 0) is 24.5 Å². The van der Waals surface area contributed by atoms with E-state index < -0.39 is 0 Å². The standard InChI is InChI=1S/C16H23N5O2/c1-11(2)7-8-17-16-20-15(10-18-21-16)19-13-9-12(22-3)5-6-14(13)23-4/h5-6,9-11H,7-8H2,1-4H3,(H2,17,19,20,21). The Balaban J connectivity index is 2.11. The summed E-state index contributed by atoms with van der Waals surface area (Å²) in [5.74, 6) is 3.12. The minimum absolute atomic E-state index is 0.498. The summed E-state index contributed by atoms with van der Waals surface area (Å²) >= 11 is 0. The molecule has 1 aromatic carbocycles. The third-order valence-corrected chi connectivity index (χ3v) is 3.23. The first-order chi connectivity index (χ1) is 11.1. The van der Waals surface area contributed by atoms with Crippen molar-refractivity contribution in [2.75, 3.05) is 31.4 Å². The topological polar surface area (TPSA) is 81.2 Å². The van der Waals surface area contributed by atoms with Crippen LogP contribution in [0.15, 0.2) is 24.4 Å². The third kappa shape index (κ3) is 4.98. The zero-order valence-electron chi connectivity index (χ0n) is 14.0. The largest absolute Gasteiger partial charge is 0.497 e. The van der Waals surface area contributed by atoms with Crippen LogP contribution in [0.25, 0.3) is 0 Å². The van der Waals surface area contributed by atoms with Gasteiger partial charge >= 0.3 is 0 Å². The summed E-state index contributed by atoms with van der Waals surface area (Å²) in [5.41, 5.74) is 0.750. The summed E-state index contributed by atoms with van der Waals surface area (Å²) in [6, 6.07) is 5.51. The maximum absolute atomic E-state index is 5.34. The van der Waals surface area contributed by atoms with Gasteiger partial charge in [0.15, 0.2) is 5.82 Å². The molecule has 2 aromatic rings. The highest BCUT2D eigenvalue weighted by Gasteiger charge is 2.07. The monoisotopic (exact) mass is 317 g/mol. The molecule has 0 fully saturated rings. The highest BCUT2D eigenvalue weighted by molar-refractivity contribution is 5.66. The molecule has 0 amide bonds. The van der Waals surface area contributed by atoms with Gasteiger partial charge in [0, 0.05) is 12.6 Å². The molecule has 0 spiro atoms. The van der Waals surface area contributed by atoms with Gasteiger partial charge in [0.2, 0.25) is 5.95 Å². The van der Waals surface area contributed by atoms with E-state index in [2.05, 4.69) is 39.7 Å². The number of hydrogen-bond donors (Lipinski definition) is 2. The van der Waals surface area contributed by atoms with E-state index in [1.165, 1.54) is 0 Å². The highest BCUT2D eigenvalue weighted by Crippen LogP contribution is 2.30. The first-order valence-electron chi connectivity index (χ1n) is 7.55. The smallest absolute Gasteiger partial charge is 0.244 e. The number of benzene rings is 1. The van der Waals surface area contributed by atoms with Gasteiger partial charge in [0.25, 0.3) is 0 Å². The molecule has 0 bridgehead atoms. The predicted octanol–water partition coefficient (Wildman–Crippen LogP) is 3.09. The number of ether oxygens (including phenoxy) is 2. The lowest BCUT2D eigenvalue weighted by Gasteiger charge is -2.12. The molecule has 0 unspecified atom stereocenters. The Bertz CT molecular complexity index is 634. The number of hydrogen-bond acceptors (Lipinski definition) is 7. The van der Waals surface area contributed by atoms with Crippen molar-refractivity contribution in [3.63, 3.8) is 0 Å². The van der Waals surface area contributed by atoms with Crippen LogP contribution in [0.3, 0.4) is 0 Å². The van der Waals surface area contributed by atoms with Gasteiger partial charge in [0.1, 0.15) is 11.5 Å². The van der Waals surface area contributed by atoms with Crippen molar-refractivity contribution in [3.05, 3.63) is 24.4 Å². The first-order valence-corrected chi connectivity index (χ1v) is 7.55. The Morgan fingerprint density at radius 2 is 2.00 bits per heavy atom. The molecule has 0 aliphatic heterocycles. The van der Waals surface area contributed by atoms with E-state index in [-0.39, 0.29) is 0 Å². The Morgan fingerprint density at radius 1 is 1.17 bits per heavy atom. The van der Waals surface area contributed by atoms with E-state index in [9.17, 15) is 0 Å². The number of aromatic nitrogens is 3. The molecule has 0 radical (unpaired) electrons. The average molecular weight is 317 g/mol. The second kappa shape index (κ2) is 8.17. The number of nitrogens with zero attached hydrogens (tertiary/aromatic N) is 3. The maximum atomic E-state index is 5.34. The average Bonchev–Trinajstić information content (AvgIpc) is 2.55. The summed E-state index contributed by atoms with van der Waals surface area (Å²) in [6.45, 7) is 5.16. The fourth-order valence-electron chi connectivity index (χ4n) is 1.96. The van der Waals surface area contributed by atoms with Crippen LogP contribution in [0.4, 0.5) is 17.5 Å². The van der Waals surface area contributed by atoms with Crippen LogP contribution in [-0.2, 0) is 0 Å². The first kappa shape index (κ1) is 16.8. The van der Waals surface area contributed by atoms with Crippen molar-refractivity contribution in [2.24, 2.45) is 5.92 Å². The number of anilines is 3. The molecule has 1 aromatic heterocycles. The fraction of sp³-hybridized carbons (Fsp3) is 0.438. The quantitative estimate of drug-likeness (QED) is 0.774. The van der Waals surface area contributed by atoms with Gasteiger partial charge in [-0.25, -0.2) is 0 Å². The minimum Gasteiger partial charge on any atom is -0.497 e. The molecule has 7 heteroatoms. The molecule has 2 N–H and O–H groups in total. The van der Waals surface area contributed by atoms with Crippen LogP contribution >= 0.6 is 0 Å². The van der Waals surface area contributed by atoms with Crippen molar-refractivity contribution in [3.8, 4) is 11.5 Å². The number of nitrogens with one attached hydrogen (secondary N) is 2. The zero-order chi connectivity index (χ0) is 16.7. The van der Waals surface area contributed by atoms with Crippen LogP contribution in [0.1, 0.15) is 20.3 Å². The van der Waals surface area contributed by atoms with Gasteiger partial charge in [0.05, 0.1) is 26.1 Å². The molecule has 2 rings (SSSR count). The molecule has 124 valence electrons. The number of methoxy groups -OCH3 is 2. The Labute approximate surface area is 136 Å². The lowest BCUT2D eigenvalue weighted by Crippen LogP contribution is -2.09. The Morgan fingerprint density at radius 3 is 2.70 bits per heavy atom. The van der Waals surface area contributed by atoms with Crippen LogP contribution in [0.5, 0.6) is 11.5 Å². The SMILES string of the molecule is COc1ccc(OC)c(Nc2cnnc(NCCC(C)C)n2)c1. The summed E-state index contributed by atoms with van der Waals surface area (Å²) < 4.78 is 10.6. The van der Waals surface area contributed by atoms with Crippen molar-refractivity contribution in [1.29, 1.82) is 0 Å². The molecule has 1 heterocycles. The predicted molar refractivity (Wildman–Crippen MR) is 90.6 cm³/mol. The van der Waals surface area contributed by atoms with Crippen molar-refractivity contribution >= 4 is 17.5 Å². The van der Waals surface area contributed by atoms with Gasteiger partial charge in [-0.15, -0.1) is 5.10 Å². The molecule has 0 saturated carbocycles. The van der Waals surface area contributed by atoms with Crippen molar-refractivity contribution < 1.29 is 9.47 Å². The molecule has 0 atom stereocenters. The van der Waals surface area contributed by atoms with E-state index in [1.54, 1.807) is 20.4 Å². The molecule has 7 nitrogen and oxygen atoms in total. The van der Waals surface area contributed by atoms with Gasteiger partial charge in [-0.3, -0.25) is 0 Å². The van der Waals surface area contributed by atoms with Crippen LogP contribution in [0, 0.1) is 5.92 Å². The fourth-order valence-corrected chi connectivity index (χ4v) is 1.96. The van der Waals surface area contributed by atoms with Crippen LogP contribution < -0.4 is 20.1 Å². The van der Waals surface area contributed by atoms with Crippen molar-refractivity contribution in [2.45, 2.75) is 20.3 Å². The second-order valence-electron chi connectivity index (χ2n) is 5.47. The lowest BCUT2D eigenvalue weighted by atomic mass is 10.1. The molecule has 0 aliphatic carbocycles. The zero-order valence-corrected chi connectivity index (χ0v) is 14.0. The van der Waals surface area contributed by atoms with E-state index in [0.717, 1.165) is 24.4 Å². The highest BCUT2D eigenvalue weighted by atomic mass is 16.5. The molecule has 23 heavy (non-hydrogen) atoms. The summed E-state index contributed by atoms with van der Waals surface area (Å²) in [5, 5.41) is 14.3. The summed E-state index contributed by atoms with van der Waals surface area (Å²) in [6.07, 6.45) is 2.61. The Hall–Kier alpha value is -2.57. The van der Waals surface area contributed by atoms with Gasteiger partial charge < -0.3 is 20.1 Å². The molecular weight excluding hydrogens is 294 g/mol. The molecular formula is C16H23N5O2. The van der Waals surface area contributed by atoms with Crippen molar-refractivity contribution in [1.82, 2.24) is 15.2 Å². The lowest BCUT2D eigenvalue weighted by molar-refractivity contribution is 0.405. The normalized spacial score (nSPS) is 10.5. The number of rotatable bonds is 8. The summed E-state index contributed by atoms with van der Waals surface area (Å²) in [7, 11) is 3.23. The van der Waals surface area contributed by atoms with E-state index in [4.69, 9.17) is 9.47 Å². The second-order valence-corrected chi connectivity index (χ2v) is 5.47. The van der Waals surface area contributed by atoms with Crippen LogP contribution in [0.2, 0.25) is 0 Å². The summed E-state index contributed by atoms with van der Waals surface area (Å²) in [4.78, 5) is 4.40. The third-order valence-electron chi connectivity index (χ3n) is 3.23. The minimum atomic E-state index is 0.498. The van der Waals surface area contributed by atoms with E-state index in [0.29, 0.717) is 23.4 Å². The Kier molecular flexibility index (Phi) is 5.96.